The van der Waals surface area contributed by atoms with E-state index in [1.54, 1.807) is 24.5 Å². The highest BCUT2D eigenvalue weighted by Gasteiger charge is 2.16. The van der Waals surface area contributed by atoms with Crippen LogP contribution in [0.15, 0.2) is 51.6 Å². The maximum absolute atomic E-state index is 12.3. The largest absolute Gasteiger partial charge is 0.451 e. The highest BCUT2D eigenvalue weighted by atomic mass is 79.9. The molecule has 2 heterocycles. The van der Waals surface area contributed by atoms with Gasteiger partial charge in [-0.2, -0.15) is 0 Å². The summed E-state index contributed by atoms with van der Waals surface area (Å²) in [5, 5.41) is 0.901. The minimum Gasteiger partial charge on any atom is -0.451 e. The number of para-hydroxylation sites is 1. The summed E-state index contributed by atoms with van der Waals surface area (Å²) < 4.78 is 6.47. The lowest BCUT2D eigenvalue weighted by Crippen LogP contribution is -2.00. The third kappa shape index (κ3) is 2.19. The molecule has 94 valence electrons. The number of carbonyl (C=O) groups is 1. The molecule has 0 saturated carbocycles. The molecule has 1 aromatic carbocycles. The smallest absolute Gasteiger partial charge is 0.229 e. The number of benzene rings is 1. The summed E-state index contributed by atoms with van der Waals surface area (Å²) in [5.74, 6) is 0.175. The van der Waals surface area contributed by atoms with Crippen molar-refractivity contribution in [1.82, 2.24) is 4.98 Å². The second-order valence-corrected chi connectivity index (χ2v) is 5.20. The highest BCUT2D eigenvalue weighted by molar-refractivity contribution is 9.10. The van der Waals surface area contributed by atoms with Crippen LogP contribution in [0.2, 0.25) is 0 Å². The number of nitrogens with zero attached hydrogens (tertiary/aromatic N) is 1. The predicted octanol–water partition coefficient (Wildman–Crippen LogP) is 4.13. The minimum atomic E-state index is -0.153. The number of hydrogen-bond donors (Lipinski definition) is 0. The van der Waals surface area contributed by atoms with Crippen LogP contribution in [-0.2, 0) is 0 Å². The van der Waals surface area contributed by atoms with Crippen molar-refractivity contribution in [2.45, 2.75) is 6.92 Å². The van der Waals surface area contributed by atoms with E-state index < -0.39 is 0 Å². The van der Waals surface area contributed by atoms with Crippen molar-refractivity contribution in [1.29, 1.82) is 0 Å². The van der Waals surface area contributed by atoms with Gasteiger partial charge in [0.05, 0.1) is 4.47 Å². The number of carbonyl (C=O) groups excluding carboxylic acids is 1. The molecule has 0 aliphatic carbocycles. The monoisotopic (exact) mass is 315 g/mol. The average molecular weight is 316 g/mol. The molecule has 0 bridgehead atoms. The Morgan fingerprint density at radius 2 is 2.11 bits per heavy atom. The normalized spacial score (nSPS) is 10.8. The number of aryl methyl sites for hydroxylation is 1. The number of furan rings is 1. The van der Waals surface area contributed by atoms with Gasteiger partial charge >= 0.3 is 0 Å². The third-order valence-electron chi connectivity index (χ3n) is 2.86. The first-order valence-electron chi connectivity index (χ1n) is 5.79. The van der Waals surface area contributed by atoms with Gasteiger partial charge in [-0.25, -0.2) is 0 Å². The lowest BCUT2D eigenvalue weighted by molar-refractivity contribution is 0.101. The van der Waals surface area contributed by atoms with Crippen LogP contribution >= 0.6 is 15.9 Å². The molecule has 4 heteroatoms. The van der Waals surface area contributed by atoms with E-state index in [2.05, 4.69) is 20.9 Å². The van der Waals surface area contributed by atoms with Gasteiger partial charge in [0.15, 0.2) is 5.76 Å². The van der Waals surface area contributed by atoms with E-state index in [0.29, 0.717) is 16.9 Å². The Balaban J connectivity index is 2.09. The molecule has 0 amide bonds. The molecule has 3 rings (SSSR count). The summed E-state index contributed by atoms with van der Waals surface area (Å²) in [6, 6.07) is 9.26. The molecule has 0 atom stereocenters. The summed E-state index contributed by atoms with van der Waals surface area (Å²) in [6.07, 6.45) is 3.27. The zero-order valence-corrected chi connectivity index (χ0v) is 11.8. The lowest BCUT2D eigenvalue weighted by atomic mass is 10.1. The summed E-state index contributed by atoms with van der Waals surface area (Å²) >= 11 is 3.41. The van der Waals surface area contributed by atoms with Gasteiger partial charge in [0, 0.05) is 23.3 Å². The first kappa shape index (κ1) is 12.1. The van der Waals surface area contributed by atoms with Crippen LogP contribution in [0.1, 0.15) is 21.7 Å². The highest BCUT2D eigenvalue weighted by Crippen LogP contribution is 2.28. The maximum Gasteiger partial charge on any atom is 0.229 e. The van der Waals surface area contributed by atoms with Crippen molar-refractivity contribution in [3.63, 3.8) is 0 Å². The molecule has 0 unspecified atom stereocenters. The first-order chi connectivity index (χ1) is 9.15. The van der Waals surface area contributed by atoms with E-state index >= 15 is 0 Å². The number of hydrogen-bond acceptors (Lipinski definition) is 3. The van der Waals surface area contributed by atoms with Crippen molar-refractivity contribution in [3.8, 4) is 0 Å². The molecule has 0 aliphatic heterocycles. The number of aromatic nitrogens is 1. The van der Waals surface area contributed by atoms with Crippen molar-refractivity contribution >= 4 is 32.7 Å². The molecule has 0 radical (unpaired) electrons. The molecular weight excluding hydrogens is 306 g/mol. The number of ketones is 1. The zero-order chi connectivity index (χ0) is 13.4. The van der Waals surface area contributed by atoms with E-state index in [4.69, 9.17) is 4.42 Å². The Morgan fingerprint density at radius 1 is 1.26 bits per heavy atom. The summed E-state index contributed by atoms with van der Waals surface area (Å²) in [4.78, 5) is 16.4. The second kappa shape index (κ2) is 4.63. The van der Waals surface area contributed by atoms with Crippen LogP contribution in [0.3, 0.4) is 0 Å². The standard InChI is InChI=1S/C15H10BrNO2/c1-9-5-11(8-17-7-9)14(18)13-6-10-3-2-4-12(16)15(10)19-13/h2-8H,1H3. The molecule has 3 nitrogen and oxygen atoms in total. The molecule has 0 saturated heterocycles. The van der Waals surface area contributed by atoms with Gasteiger partial charge < -0.3 is 4.42 Å². The first-order valence-corrected chi connectivity index (χ1v) is 6.59. The number of fused-ring (bicyclic) bond motifs is 1. The van der Waals surface area contributed by atoms with Crippen LogP contribution in [0.25, 0.3) is 11.0 Å². The summed E-state index contributed by atoms with van der Waals surface area (Å²) in [6.45, 7) is 1.90. The molecule has 0 fully saturated rings. The van der Waals surface area contributed by atoms with E-state index in [1.165, 1.54) is 0 Å². The van der Waals surface area contributed by atoms with Crippen molar-refractivity contribution < 1.29 is 9.21 Å². The Labute approximate surface area is 118 Å². The SMILES string of the molecule is Cc1cncc(C(=O)c2cc3cccc(Br)c3o2)c1. The van der Waals surface area contributed by atoms with Gasteiger partial charge in [0.25, 0.3) is 0 Å². The summed E-state index contributed by atoms with van der Waals surface area (Å²) in [5.41, 5.74) is 2.17. The van der Waals surface area contributed by atoms with E-state index in [-0.39, 0.29) is 5.78 Å². The van der Waals surface area contributed by atoms with Crippen molar-refractivity contribution in [2.75, 3.05) is 0 Å². The van der Waals surface area contributed by atoms with Crippen LogP contribution in [0, 0.1) is 6.92 Å². The minimum absolute atomic E-state index is 0.153. The van der Waals surface area contributed by atoms with Gasteiger partial charge in [-0.15, -0.1) is 0 Å². The Morgan fingerprint density at radius 3 is 2.84 bits per heavy atom. The maximum atomic E-state index is 12.3. The molecule has 2 aromatic heterocycles. The Kier molecular flexibility index (Phi) is 2.95. The van der Waals surface area contributed by atoms with Gasteiger partial charge in [-0.05, 0) is 46.6 Å². The summed E-state index contributed by atoms with van der Waals surface area (Å²) in [7, 11) is 0. The van der Waals surface area contributed by atoms with E-state index in [1.807, 2.05) is 25.1 Å². The molecule has 0 aliphatic rings. The number of rotatable bonds is 2. The lowest BCUT2D eigenvalue weighted by Gasteiger charge is -1.98. The van der Waals surface area contributed by atoms with Crippen LogP contribution in [0.4, 0.5) is 0 Å². The fraction of sp³-hybridized carbons (Fsp3) is 0.0667. The van der Waals surface area contributed by atoms with Gasteiger partial charge in [0.2, 0.25) is 5.78 Å². The van der Waals surface area contributed by atoms with Gasteiger partial charge in [0.1, 0.15) is 5.58 Å². The molecular formula is C15H10BrNO2. The van der Waals surface area contributed by atoms with Crippen LogP contribution in [0.5, 0.6) is 0 Å². The fourth-order valence-corrected chi connectivity index (χ4v) is 2.42. The van der Waals surface area contributed by atoms with E-state index in [9.17, 15) is 4.79 Å². The predicted molar refractivity (Wildman–Crippen MR) is 76.3 cm³/mol. The second-order valence-electron chi connectivity index (χ2n) is 4.35. The quantitative estimate of drug-likeness (QED) is 0.668. The van der Waals surface area contributed by atoms with E-state index in [0.717, 1.165) is 15.4 Å². The van der Waals surface area contributed by atoms with Gasteiger partial charge in [-0.1, -0.05) is 12.1 Å². The molecule has 0 N–H and O–H groups in total. The number of halogens is 1. The van der Waals surface area contributed by atoms with Gasteiger partial charge in [-0.3, -0.25) is 9.78 Å². The average Bonchev–Trinajstić information content (AvgIpc) is 2.83. The number of pyridine rings is 1. The van der Waals surface area contributed by atoms with Crippen molar-refractivity contribution in [2.24, 2.45) is 0 Å². The zero-order valence-electron chi connectivity index (χ0n) is 10.2. The van der Waals surface area contributed by atoms with Crippen LogP contribution < -0.4 is 0 Å². The fourth-order valence-electron chi connectivity index (χ4n) is 1.96. The van der Waals surface area contributed by atoms with Crippen LogP contribution in [-0.4, -0.2) is 10.8 Å². The Bertz CT molecular complexity index is 777. The molecule has 19 heavy (non-hydrogen) atoms. The van der Waals surface area contributed by atoms with Crippen molar-refractivity contribution in [3.05, 3.63) is 64.1 Å². The third-order valence-corrected chi connectivity index (χ3v) is 3.48. The topological polar surface area (TPSA) is 43.1 Å². The Hall–Kier alpha value is -1.94. The molecule has 0 spiro atoms. The molecule has 3 aromatic rings.